The molecule has 0 spiro atoms. The van der Waals surface area contributed by atoms with Gasteiger partial charge in [0.1, 0.15) is 0 Å². The molecule has 1 atom stereocenters. The quantitative estimate of drug-likeness (QED) is 0.350. The molecule has 21 heavy (non-hydrogen) atoms. The standard InChI is InChI=1S/C19H34N2/c1-5-6-7-8-9-10-11-12-19(21-20)18-14-16(3)15(2)13-17(18)4/h13-14,19,21H,5-12,20H2,1-4H3. The van der Waals surface area contributed by atoms with Crippen molar-refractivity contribution in [2.75, 3.05) is 0 Å². The van der Waals surface area contributed by atoms with Crippen molar-refractivity contribution in [3.63, 3.8) is 0 Å². The van der Waals surface area contributed by atoms with Crippen LogP contribution in [-0.4, -0.2) is 0 Å². The molecule has 0 fully saturated rings. The first-order chi connectivity index (χ1) is 10.1. The minimum absolute atomic E-state index is 0.292. The smallest absolute Gasteiger partial charge is 0.0462 e. The van der Waals surface area contributed by atoms with Crippen LogP contribution in [0, 0.1) is 20.8 Å². The predicted molar refractivity (Wildman–Crippen MR) is 93.3 cm³/mol. The molecule has 2 heteroatoms. The Bertz CT molecular complexity index is 412. The Labute approximate surface area is 131 Å². The van der Waals surface area contributed by atoms with E-state index < -0.39 is 0 Å². The lowest BCUT2D eigenvalue weighted by Gasteiger charge is -2.20. The maximum absolute atomic E-state index is 5.79. The Balaban J connectivity index is 2.43. The fraction of sp³-hybridized carbons (Fsp3) is 0.684. The predicted octanol–water partition coefficient (Wildman–Crippen LogP) is 5.26. The molecule has 0 aliphatic carbocycles. The second kappa shape index (κ2) is 9.97. The highest BCUT2D eigenvalue weighted by molar-refractivity contribution is 5.38. The normalized spacial score (nSPS) is 12.6. The minimum atomic E-state index is 0.292. The summed E-state index contributed by atoms with van der Waals surface area (Å²) < 4.78 is 0. The second-order valence-corrected chi connectivity index (χ2v) is 6.42. The van der Waals surface area contributed by atoms with Crippen molar-refractivity contribution >= 4 is 0 Å². The van der Waals surface area contributed by atoms with Crippen molar-refractivity contribution < 1.29 is 0 Å². The highest BCUT2D eigenvalue weighted by atomic mass is 15.2. The van der Waals surface area contributed by atoms with E-state index in [0.717, 1.165) is 6.42 Å². The third kappa shape index (κ3) is 6.19. The van der Waals surface area contributed by atoms with Gasteiger partial charge in [0.2, 0.25) is 0 Å². The summed E-state index contributed by atoms with van der Waals surface area (Å²) in [5.41, 5.74) is 8.46. The molecule has 0 saturated heterocycles. The highest BCUT2D eigenvalue weighted by Crippen LogP contribution is 2.25. The fourth-order valence-corrected chi connectivity index (χ4v) is 2.99. The number of hydrazine groups is 1. The van der Waals surface area contributed by atoms with E-state index in [9.17, 15) is 0 Å². The molecule has 0 heterocycles. The molecule has 2 nitrogen and oxygen atoms in total. The van der Waals surface area contributed by atoms with Crippen LogP contribution in [0.4, 0.5) is 0 Å². The van der Waals surface area contributed by atoms with E-state index in [-0.39, 0.29) is 0 Å². The van der Waals surface area contributed by atoms with Crippen LogP contribution in [0.1, 0.15) is 86.6 Å². The molecular formula is C19H34N2. The largest absolute Gasteiger partial charge is 0.271 e. The van der Waals surface area contributed by atoms with Gasteiger partial charge in [-0.3, -0.25) is 11.3 Å². The first-order valence-corrected chi connectivity index (χ1v) is 8.64. The summed E-state index contributed by atoms with van der Waals surface area (Å²) in [4.78, 5) is 0. The van der Waals surface area contributed by atoms with Gasteiger partial charge in [0.25, 0.3) is 0 Å². The summed E-state index contributed by atoms with van der Waals surface area (Å²) in [6.45, 7) is 8.81. The van der Waals surface area contributed by atoms with Gasteiger partial charge in [-0.1, -0.05) is 64.0 Å². The molecule has 0 saturated carbocycles. The monoisotopic (exact) mass is 290 g/mol. The molecule has 0 aliphatic rings. The van der Waals surface area contributed by atoms with Gasteiger partial charge in [-0.2, -0.15) is 0 Å². The van der Waals surface area contributed by atoms with Crippen molar-refractivity contribution in [2.45, 2.75) is 85.1 Å². The molecular weight excluding hydrogens is 256 g/mol. The van der Waals surface area contributed by atoms with Crippen molar-refractivity contribution in [1.82, 2.24) is 5.43 Å². The maximum Gasteiger partial charge on any atom is 0.0462 e. The average Bonchev–Trinajstić information content (AvgIpc) is 2.46. The number of benzene rings is 1. The fourth-order valence-electron chi connectivity index (χ4n) is 2.99. The number of hydrogen-bond acceptors (Lipinski definition) is 2. The van der Waals surface area contributed by atoms with Crippen LogP contribution < -0.4 is 11.3 Å². The van der Waals surface area contributed by atoms with E-state index in [1.165, 1.54) is 67.2 Å². The van der Waals surface area contributed by atoms with Crippen LogP contribution in [-0.2, 0) is 0 Å². The van der Waals surface area contributed by atoms with Crippen LogP contribution in [0.25, 0.3) is 0 Å². The molecule has 1 aromatic carbocycles. The summed E-state index contributed by atoms with van der Waals surface area (Å²) in [5, 5.41) is 0. The lowest BCUT2D eigenvalue weighted by Crippen LogP contribution is -2.28. The van der Waals surface area contributed by atoms with Crippen LogP contribution in [0.15, 0.2) is 12.1 Å². The number of aryl methyl sites for hydroxylation is 3. The lowest BCUT2D eigenvalue weighted by molar-refractivity contribution is 0.474. The summed E-state index contributed by atoms with van der Waals surface area (Å²) in [6.07, 6.45) is 10.6. The zero-order chi connectivity index (χ0) is 15.7. The molecule has 0 aliphatic heterocycles. The average molecular weight is 290 g/mol. The van der Waals surface area contributed by atoms with Crippen molar-refractivity contribution in [3.05, 3.63) is 34.4 Å². The summed E-state index contributed by atoms with van der Waals surface area (Å²) >= 11 is 0. The minimum Gasteiger partial charge on any atom is -0.271 e. The summed E-state index contributed by atoms with van der Waals surface area (Å²) in [6, 6.07) is 4.87. The van der Waals surface area contributed by atoms with Gasteiger partial charge in [-0.25, -0.2) is 0 Å². The van der Waals surface area contributed by atoms with Gasteiger partial charge in [0.15, 0.2) is 0 Å². The maximum atomic E-state index is 5.79. The van der Waals surface area contributed by atoms with Crippen LogP contribution in [0.2, 0.25) is 0 Å². The Hall–Kier alpha value is -0.860. The molecule has 3 N–H and O–H groups in total. The summed E-state index contributed by atoms with van der Waals surface area (Å²) in [7, 11) is 0. The second-order valence-electron chi connectivity index (χ2n) is 6.42. The number of nitrogens with two attached hydrogens (primary N) is 1. The third-order valence-electron chi connectivity index (χ3n) is 4.56. The highest BCUT2D eigenvalue weighted by Gasteiger charge is 2.13. The summed E-state index contributed by atoms with van der Waals surface area (Å²) in [5.74, 6) is 5.79. The van der Waals surface area contributed by atoms with Gasteiger partial charge in [0.05, 0.1) is 0 Å². The lowest BCUT2D eigenvalue weighted by atomic mass is 9.93. The Morgan fingerprint density at radius 1 is 0.857 bits per heavy atom. The zero-order valence-corrected chi connectivity index (χ0v) is 14.5. The van der Waals surface area contributed by atoms with E-state index in [0.29, 0.717) is 6.04 Å². The number of hydrogen-bond donors (Lipinski definition) is 2. The molecule has 0 radical (unpaired) electrons. The molecule has 1 unspecified atom stereocenters. The molecule has 1 rings (SSSR count). The van der Waals surface area contributed by atoms with E-state index in [4.69, 9.17) is 5.84 Å². The SMILES string of the molecule is CCCCCCCCCC(NN)c1cc(C)c(C)cc1C. The van der Waals surface area contributed by atoms with E-state index in [1.807, 2.05) is 0 Å². The number of nitrogens with one attached hydrogen (secondary N) is 1. The Morgan fingerprint density at radius 3 is 2.05 bits per heavy atom. The molecule has 0 aromatic heterocycles. The van der Waals surface area contributed by atoms with Gasteiger partial charge < -0.3 is 0 Å². The van der Waals surface area contributed by atoms with Gasteiger partial charge in [0, 0.05) is 6.04 Å². The van der Waals surface area contributed by atoms with Crippen molar-refractivity contribution in [2.24, 2.45) is 5.84 Å². The molecule has 120 valence electrons. The first kappa shape index (κ1) is 18.2. The Kier molecular flexibility index (Phi) is 8.63. The number of unbranched alkanes of at least 4 members (excludes halogenated alkanes) is 6. The molecule has 1 aromatic rings. The van der Waals surface area contributed by atoms with Gasteiger partial charge >= 0.3 is 0 Å². The zero-order valence-electron chi connectivity index (χ0n) is 14.5. The van der Waals surface area contributed by atoms with Crippen LogP contribution >= 0.6 is 0 Å². The third-order valence-corrected chi connectivity index (χ3v) is 4.56. The van der Waals surface area contributed by atoms with E-state index in [2.05, 4.69) is 45.3 Å². The van der Waals surface area contributed by atoms with Gasteiger partial charge in [-0.15, -0.1) is 0 Å². The van der Waals surface area contributed by atoms with Crippen LogP contribution in [0.5, 0.6) is 0 Å². The molecule has 0 bridgehead atoms. The van der Waals surface area contributed by atoms with Crippen molar-refractivity contribution in [1.29, 1.82) is 0 Å². The van der Waals surface area contributed by atoms with Gasteiger partial charge in [-0.05, 0) is 49.4 Å². The van der Waals surface area contributed by atoms with E-state index in [1.54, 1.807) is 0 Å². The van der Waals surface area contributed by atoms with Crippen molar-refractivity contribution in [3.8, 4) is 0 Å². The van der Waals surface area contributed by atoms with E-state index >= 15 is 0 Å². The molecule has 0 amide bonds. The number of rotatable bonds is 10. The topological polar surface area (TPSA) is 38.0 Å². The Morgan fingerprint density at radius 2 is 1.43 bits per heavy atom. The first-order valence-electron chi connectivity index (χ1n) is 8.64. The van der Waals surface area contributed by atoms with Crippen LogP contribution in [0.3, 0.4) is 0 Å².